The third kappa shape index (κ3) is 2.47. The fourth-order valence-electron chi connectivity index (χ4n) is 2.16. The van der Waals surface area contributed by atoms with Crippen LogP contribution in [0, 0.1) is 5.82 Å². The van der Waals surface area contributed by atoms with Crippen LogP contribution in [0.2, 0.25) is 0 Å². The predicted molar refractivity (Wildman–Crippen MR) is 79.2 cm³/mol. The summed E-state index contributed by atoms with van der Waals surface area (Å²) in [4.78, 5) is 13.0. The van der Waals surface area contributed by atoms with Crippen LogP contribution in [0.3, 0.4) is 0 Å². The van der Waals surface area contributed by atoms with Gasteiger partial charge in [0.05, 0.1) is 23.4 Å². The second-order valence-electron chi connectivity index (χ2n) is 4.58. The molecule has 1 N–H and O–H groups in total. The van der Waals surface area contributed by atoms with Gasteiger partial charge < -0.3 is 9.88 Å². The summed E-state index contributed by atoms with van der Waals surface area (Å²) in [5.41, 5.74) is 3.23. The van der Waals surface area contributed by atoms with Gasteiger partial charge in [-0.2, -0.15) is 0 Å². The molecule has 2 aromatic heterocycles. The summed E-state index contributed by atoms with van der Waals surface area (Å²) in [6.07, 6.45) is 3.41. The first-order chi connectivity index (χ1) is 10.2. The Bertz CT molecular complexity index is 764. The van der Waals surface area contributed by atoms with E-state index in [1.807, 2.05) is 17.7 Å². The third-order valence-corrected chi connectivity index (χ3v) is 3.18. The number of hydrogen-bond donors (Lipinski definition) is 1. The first-order valence-corrected chi connectivity index (χ1v) is 6.47. The van der Waals surface area contributed by atoms with E-state index in [4.69, 9.17) is 0 Å². The van der Waals surface area contributed by atoms with Crippen molar-refractivity contribution in [2.45, 2.75) is 0 Å². The highest BCUT2D eigenvalue weighted by Gasteiger charge is 2.15. The van der Waals surface area contributed by atoms with Crippen LogP contribution in [0.4, 0.5) is 10.3 Å². The quantitative estimate of drug-likeness (QED) is 0.803. The van der Waals surface area contributed by atoms with Gasteiger partial charge in [0.25, 0.3) is 0 Å². The number of rotatable bonds is 3. The average molecular weight is 283 g/mol. The van der Waals surface area contributed by atoms with Crippen LogP contribution in [-0.2, 0) is 7.05 Å². The molecule has 0 spiro atoms. The van der Waals surface area contributed by atoms with Gasteiger partial charge in [0.1, 0.15) is 5.82 Å². The van der Waals surface area contributed by atoms with Crippen LogP contribution in [0.5, 0.6) is 0 Å². The fraction of sp³-hybridized carbons (Fsp3) is 0.133. The molecular formula is C15H14FN5. The molecule has 0 aliphatic rings. The lowest BCUT2D eigenvalue weighted by atomic mass is 10.1. The van der Waals surface area contributed by atoms with Crippen molar-refractivity contribution in [2.24, 2.45) is 7.05 Å². The van der Waals surface area contributed by atoms with Crippen molar-refractivity contribution >= 4 is 5.95 Å². The van der Waals surface area contributed by atoms with Crippen LogP contribution in [0.1, 0.15) is 0 Å². The molecule has 0 bridgehead atoms. The lowest BCUT2D eigenvalue weighted by Crippen LogP contribution is -1.99. The summed E-state index contributed by atoms with van der Waals surface area (Å²) in [6, 6.07) is 8.09. The van der Waals surface area contributed by atoms with E-state index in [2.05, 4.69) is 20.3 Å². The number of halogens is 1. The van der Waals surface area contributed by atoms with E-state index < -0.39 is 0 Å². The first kappa shape index (κ1) is 13.2. The average Bonchev–Trinajstić information content (AvgIpc) is 2.90. The molecule has 106 valence electrons. The molecule has 2 heterocycles. The molecule has 0 unspecified atom stereocenters. The van der Waals surface area contributed by atoms with Crippen LogP contribution in [0.25, 0.3) is 22.6 Å². The van der Waals surface area contributed by atoms with Crippen molar-refractivity contribution in [2.75, 3.05) is 12.4 Å². The van der Waals surface area contributed by atoms with Crippen molar-refractivity contribution in [3.05, 3.63) is 48.7 Å². The maximum absolute atomic E-state index is 13.1. The molecule has 0 saturated carbocycles. The number of hydrogen-bond acceptors (Lipinski definition) is 4. The molecule has 0 radical (unpaired) electrons. The Balaban J connectivity index is 2.14. The normalized spacial score (nSPS) is 10.6. The van der Waals surface area contributed by atoms with Crippen LogP contribution >= 0.6 is 0 Å². The molecule has 0 aliphatic carbocycles. The van der Waals surface area contributed by atoms with Crippen LogP contribution in [0.15, 0.2) is 42.9 Å². The minimum absolute atomic E-state index is 0.268. The SMILES string of the molecule is CNc1nccc(-c2c(-c3ccc(F)cc3)ncn2C)n1. The number of nitrogens with zero attached hydrogens (tertiary/aromatic N) is 4. The summed E-state index contributed by atoms with van der Waals surface area (Å²) in [5, 5.41) is 2.91. The van der Waals surface area contributed by atoms with Gasteiger partial charge in [-0.15, -0.1) is 0 Å². The standard InChI is InChI=1S/C15H14FN5/c1-17-15-18-8-7-12(20-15)14-13(19-9-21(14)2)10-3-5-11(16)6-4-10/h3-9H,1-2H3,(H,17,18,20). The van der Waals surface area contributed by atoms with E-state index in [0.29, 0.717) is 5.95 Å². The monoisotopic (exact) mass is 283 g/mol. The molecule has 3 aromatic rings. The van der Waals surface area contributed by atoms with Gasteiger partial charge in [-0.3, -0.25) is 0 Å². The lowest BCUT2D eigenvalue weighted by molar-refractivity contribution is 0.628. The van der Waals surface area contributed by atoms with E-state index in [-0.39, 0.29) is 5.82 Å². The Morgan fingerprint density at radius 1 is 1.10 bits per heavy atom. The number of aromatic nitrogens is 4. The van der Waals surface area contributed by atoms with E-state index in [9.17, 15) is 4.39 Å². The van der Waals surface area contributed by atoms with E-state index in [1.165, 1.54) is 12.1 Å². The molecule has 0 atom stereocenters. The summed E-state index contributed by atoms with van der Waals surface area (Å²) in [5.74, 6) is 0.273. The van der Waals surface area contributed by atoms with Gasteiger partial charge in [0.2, 0.25) is 5.95 Å². The van der Waals surface area contributed by atoms with Gasteiger partial charge in [-0.1, -0.05) is 0 Å². The fourth-order valence-corrected chi connectivity index (χ4v) is 2.16. The summed E-state index contributed by atoms with van der Waals surface area (Å²) in [7, 11) is 3.67. The maximum atomic E-state index is 13.1. The zero-order valence-electron chi connectivity index (χ0n) is 11.7. The Morgan fingerprint density at radius 3 is 2.57 bits per heavy atom. The van der Waals surface area contributed by atoms with E-state index >= 15 is 0 Å². The Labute approximate surface area is 121 Å². The molecule has 0 fully saturated rings. The third-order valence-electron chi connectivity index (χ3n) is 3.18. The highest BCUT2D eigenvalue weighted by molar-refractivity contribution is 5.76. The van der Waals surface area contributed by atoms with Crippen LogP contribution in [-0.4, -0.2) is 26.6 Å². The smallest absolute Gasteiger partial charge is 0.222 e. The van der Waals surface area contributed by atoms with Crippen molar-refractivity contribution in [3.8, 4) is 22.6 Å². The highest BCUT2D eigenvalue weighted by atomic mass is 19.1. The number of imidazole rings is 1. The van der Waals surface area contributed by atoms with Gasteiger partial charge in [0, 0.05) is 25.9 Å². The largest absolute Gasteiger partial charge is 0.357 e. The lowest BCUT2D eigenvalue weighted by Gasteiger charge is -2.07. The second kappa shape index (κ2) is 5.32. The van der Waals surface area contributed by atoms with Crippen molar-refractivity contribution in [3.63, 3.8) is 0 Å². The van der Waals surface area contributed by atoms with Gasteiger partial charge >= 0.3 is 0 Å². The number of benzene rings is 1. The summed E-state index contributed by atoms with van der Waals surface area (Å²) in [6.45, 7) is 0. The molecule has 1 aromatic carbocycles. The number of anilines is 1. The molecule has 0 aliphatic heterocycles. The van der Waals surface area contributed by atoms with Crippen molar-refractivity contribution < 1.29 is 4.39 Å². The van der Waals surface area contributed by atoms with Crippen molar-refractivity contribution in [1.29, 1.82) is 0 Å². The van der Waals surface area contributed by atoms with E-state index in [1.54, 1.807) is 31.7 Å². The topological polar surface area (TPSA) is 55.6 Å². The minimum Gasteiger partial charge on any atom is -0.357 e. The van der Waals surface area contributed by atoms with Crippen molar-refractivity contribution in [1.82, 2.24) is 19.5 Å². The summed E-state index contributed by atoms with van der Waals surface area (Å²) >= 11 is 0. The molecule has 0 saturated heterocycles. The first-order valence-electron chi connectivity index (χ1n) is 6.47. The molecule has 0 amide bonds. The minimum atomic E-state index is -0.268. The van der Waals surface area contributed by atoms with E-state index in [0.717, 1.165) is 22.6 Å². The Kier molecular flexibility index (Phi) is 3.35. The van der Waals surface area contributed by atoms with Gasteiger partial charge in [-0.25, -0.2) is 19.3 Å². The van der Waals surface area contributed by atoms with Crippen LogP contribution < -0.4 is 5.32 Å². The zero-order chi connectivity index (χ0) is 14.8. The molecule has 6 heteroatoms. The molecule has 21 heavy (non-hydrogen) atoms. The molecule has 5 nitrogen and oxygen atoms in total. The molecular weight excluding hydrogens is 269 g/mol. The van der Waals surface area contributed by atoms with Gasteiger partial charge in [0.15, 0.2) is 0 Å². The van der Waals surface area contributed by atoms with Gasteiger partial charge in [-0.05, 0) is 30.3 Å². The molecule has 3 rings (SSSR count). The maximum Gasteiger partial charge on any atom is 0.222 e. The summed E-state index contributed by atoms with van der Waals surface area (Å²) < 4.78 is 15.0. The number of aryl methyl sites for hydroxylation is 1. The Hall–Kier alpha value is -2.76. The Morgan fingerprint density at radius 2 is 1.86 bits per heavy atom. The number of nitrogens with one attached hydrogen (secondary N) is 1. The second-order valence-corrected chi connectivity index (χ2v) is 4.58. The zero-order valence-corrected chi connectivity index (χ0v) is 11.7. The predicted octanol–water partition coefficient (Wildman–Crippen LogP) is 2.72. The highest BCUT2D eigenvalue weighted by Crippen LogP contribution is 2.29.